The van der Waals surface area contributed by atoms with E-state index in [2.05, 4.69) is 16.5 Å². The van der Waals surface area contributed by atoms with Crippen LogP contribution in [0.15, 0.2) is 46.3 Å². The van der Waals surface area contributed by atoms with Crippen molar-refractivity contribution in [1.82, 2.24) is 9.78 Å². The van der Waals surface area contributed by atoms with Gasteiger partial charge < -0.3 is 9.73 Å². The van der Waals surface area contributed by atoms with Gasteiger partial charge >= 0.3 is 0 Å². The van der Waals surface area contributed by atoms with E-state index in [1.807, 2.05) is 44.4 Å². The van der Waals surface area contributed by atoms with Crippen LogP contribution in [0.4, 0.5) is 5.82 Å². The maximum atomic E-state index is 12.8. The van der Waals surface area contributed by atoms with Crippen LogP contribution in [0.2, 0.25) is 0 Å². The fourth-order valence-corrected chi connectivity index (χ4v) is 3.71. The first-order valence-corrected chi connectivity index (χ1v) is 9.27. The van der Waals surface area contributed by atoms with Crippen molar-refractivity contribution in [3.05, 3.63) is 69.2 Å². The van der Waals surface area contributed by atoms with Crippen LogP contribution in [0.25, 0.3) is 11.0 Å². The summed E-state index contributed by atoms with van der Waals surface area (Å²) in [6.45, 7) is 6.59. The predicted octanol–water partition coefficient (Wildman–Crippen LogP) is 4.92. The fraction of sp³-hybridized carbons (Fsp3) is 0.200. The van der Waals surface area contributed by atoms with E-state index in [9.17, 15) is 4.79 Å². The van der Waals surface area contributed by atoms with Gasteiger partial charge in [-0.2, -0.15) is 5.10 Å². The summed E-state index contributed by atoms with van der Waals surface area (Å²) in [5, 5.41) is 10.2. The zero-order chi connectivity index (χ0) is 18.3. The van der Waals surface area contributed by atoms with Crippen LogP contribution < -0.4 is 5.32 Å². The van der Waals surface area contributed by atoms with Gasteiger partial charge in [-0.1, -0.05) is 18.2 Å². The summed E-state index contributed by atoms with van der Waals surface area (Å²) in [6.07, 6.45) is 1.68. The van der Waals surface area contributed by atoms with Crippen LogP contribution in [0.3, 0.4) is 0 Å². The molecule has 0 aliphatic carbocycles. The number of hydrogen-bond donors (Lipinski definition) is 1. The number of benzene rings is 1. The van der Waals surface area contributed by atoms with Gasteiger partial charge in [0, 0.05) is 21.9 Å². The number of furan rings is 1. The van der Waals surface area contributed by atoms with Crippen LogP contribution >= 0.6 is 11.3 Å². The van der Waals surface area contributed by atoms with Crippen molar-refractivity contribution >= 4 is 34.0 Å². The molecule has 132 valence electrons. The lowest BCUT2D eigenvalue weighted by Crippen LogP contribution is -2.16. The fourth-order valence-electron chi connectivity index (χ4n) is 3.02. The van der Waals surface area contributed by atoms with E-state index in [4.69, 9.17) is 4.42 Å². The van der Waals surface area contributed by atoms with Crippen molar-refractivity contribution in [2.75, 3.05) is 5.32 Å². The molecule has 1 N–H and O–H groups in total. The van der Waals surface area contributed by atoms with Gasteiger partial charge in [-0.15, -0.1) is 11.3 Å². The molecule has 0 saturated carbocycles. The Morgan fingerprint density at radius 2 is 2.04 bits per heavy atom. The molecule has 4 rings (SSSR count). The predicted molar refractivity (Wildman–Crippen MR) is 104 cm³/mol. The molecule has 0 saturated heterocycles. The number of nitrogens with zero attached hydrogens (tertiary/aromatic N) is 2. The summed E-state index contributed by atoms with van der Waals surface area (Å²) >= 11 is 1.66. The van der Waals surface area contributed by atoms with Gasteiger partial charge in [-0.25, -0.2) is 4.68 Å². The Bertz CT molecular complexity index is 1090. The van der Waals surface area contributed by atoms with Crippen LogP contribution in [0.5, 0.6) is 0 Å². The number of fused-ring (bicyclic) bond motifs is 1. The summed E-state index contributed by atoms with van der Waals surface area (Å²) in [7, 11) is 0. The first-order valence-electron chi connectivity index (χ1n) is 8.39. The summed E-state index contributed by atoms with van der Waals surface area (Å²) < 4.78 is 7.70. The Balaban J connectivity index is 1.64. The molecule has 3 heterocycles. The topological polar surface area (TPSA) is 60.1 Å². The molecule has 26 heavy (non-hydrogen) atoms. The Hall–Kier alpha value is -2.86. The maximum Gasteiger partial charge on any atom is 0.292 e. The number of nitrogens with one attached hydrogen (secondary N) is 1. The SMILES string of the molecule is Cc1ccc2c(C)c(C(=O)Nc3ccnn3Cc3cccs3)oc2c1C. The second kappa shape index (κ2) is 6.46. The van der Waals surface area contributed by atoms with Crippen molar-refractivity contribution in [2.45, 2.75) is 27.3 Å². The summed E-state index contributed by atoms with van der Waals surface area (Å²) in [5.74, 6) is 0.734. The van der Waals surface area contributed by atoms with Crippen LogP contribution in [0, 0.1) is 20.8 Å². The van der Waals surface area contributed by atoms with E-state index in [0.29, 0.717) is 18.1 Å². The molecule has 0 unspecified atom stereocenters. The second-order valence-corrected chi connectivity index (χ2v) is 7.38. The third-order valence-corrected chi connectivity index (χ3v) is 5.54. The number of aromatic nitrogens is 2. The molecule has 0 fully saturated rings. The highest BCUT2D eigenvalue weighted by atomic mass is 32.1. The van der Waals surface area contributed by atoms with Crippen molar-refractivity contribution in [3.63, 3.8) is 0 Å². The standard InChI is InChI=1S/C20H19N3O2S/c1-12-6-7-16-14(3)19(25-18(16)13(12)2)20(24)22-17-8-9-21-23(17)11-15-5-4-10-26-15/h4-10H,11H2,1-3H3,(H,22,24). The Kier molecular flexibility index (Phi) is 4.12. The molecule has 5 nitrogen and oxygen atoms in total. The lowest BCUT2D eigenvalue weighted by atomic mass is 10.0. The number of anilines is 1. The van der Waals surface area contributed by atoms with Crippen LogP contribution in [-0.4, -0.2) is 15.7 Å². The van der Waals surface area contributed by atoms with Gasteiger partial charge in [-0.3, -0.25) is 4.79 Å². The highest BCUT2D eigenvalue weighted by Gasteiger charge is 2.20. The normalized spacial score (nSPS) is 11.2. The van der Waals surface area contributed by atoms with Gasteiger partial charge in [0.05, 0.1) is 12.7 Å². The van der Waals surface area contributed by atoms with Gasteiger partial charge in [0.25, 0.3) is 5.91 Å². The zero-order valence-electron chi connectivity index (χ0n) is 14.9. The van der Waals surface area contributed by atoms with E-state index in [-0.39, 0.29) is 5.91 Å². The van der Waals surface area contributed by atoms with Gasteiger partial charge in [0.2, 0.25) is 0 Å². The van der Waals surface area contributed by atoms with Crippen LogP contribution in [-0.2, 0) is 6.54 Å². The van der Waals surface area contributed by atoms with E-state index in [1.165, 1.54) is 4.88 Å². The molecule has 0 spiro atoms. The molecule has 0 bridgehead atoms. The number of thiophene rings is 1. The zero-order valence-corrected chi connectivity index (χ0v) is 15.7. The molecule has 6 heteroatoms. The lowest BCUT2D eigenvalue weighted by Gasteiger charge is -2.07. The molecule has 4 aromatic rings. The van der Waals surface area contributed by atoms with Gasteiger partial charge in [0.1, 0.15) is 11.4 Å². The van der Waals surface area contributed by atoms with Crippen molar-refractivity contribution in [2.24, 2.45) is 0 Å². The lowest BCUT2D eigenvalue weighted by molar-refractivity contribution is 0.0997. The summed E-state index contributed by atoms with van der Waals surface area (Å²) in [5.41, 5.74) is 3.84. The molecular formula is C20H19N3O2S. The molecule has 0 aliphatic rings. The molecule has 1 aromatic carbocycles. The van der Waals surface area contributed by atoms with Crippen LogP contribution in [0.1, 0.15) is 32.1 Å². The Labute approximate surface area is 155 Å². The number of hydrogen-bond acceptors (Lipinski definition) is 4. The van der Waals surface area contributed by atoms with E-state index < -0.39 is 0 Å². The van der Waals surface area contributed by atoms with Gasteiger partial charge in [-0.05, 0) is 43.3 Å². The number of carbonyl (C=O) groups excluding carboxylic acids is 1. The average molecular weight is 365 g/mol. The minimum atomic E-state index is -0.260. The summed E-state index contributed by atoms with van der Waals surface area (Å²) in [6, 6.07) is 9.90. The maximum absolute atomic E-state index is 12.8. The molecule has 0 aliphatic heterocycles. The molecule has 1 amide bonds. The third kappa shape index (κ3) is 2.82. The average Bonchev–Trinajstić information content (AvgIpc) is 3.34. The van der Waals surface area contributed by atoms with Crippen molar-refractivity contribution in [1.29, 1.82) is 0 Å². The summed E-state index contributed by atoms with van der Waals surface area (Å²) in [4.78, 5) is 14.0. The molecule has 0 atom stereocenters. The van der Waals surface area contributed by atoms with Crippen molar-refractivity contribution < 1.29 is 9.21 Å². The largest absolute Gasteiger partial charge is 0.450 e. The minimum absolute atomic E-state index is 0.260. The first kappa shape index (κ1) is 16.6. The minimum Gasteiger partial charge on any atom is -0.450 e. The number of carbonyl (C=O) groups is 1. The quantitative estimate of drug-likeness (QED) is 0.558. The molecular weight excluding hydrogens is 346 g/mol. The number of rotatable bonds is 4. The Morgan fingerprint density at radius 3 is 2.81 bits per heavy atom. The smallest absolute Gasteiger partial charge is 0.292 e. The Morgan fingerprint density at radius 1 is 1.19 bits per heavy atom. The molecule has 3 aromatic heterocycles. The molecule has 0 radical (unpaired) electrons. The number of aryl methyl sites for hydroxylation is 3. The monoisotopic (exact) mass is 365 g/mol. The van der Waals surface area contributed by atoms with Crippen molar-refractivity contribution in [3.8, 4) is 0 Å². The van der Waals surface area contributed by atoms with E-state index in [0.717, 1.165) is 27.7 Å². The first-order chi connectivity index (χ1) is 12.5. The third-order valence-electron chi connectivity index (χ3n) is 4.68. The highest BCUT2D eigenvalue weighted by molar-refractivity contribution is 7.09. The number of amides is 1. The second-order valence-electron chi connectivity index (χ2n) is 6.35. The van der Waals surface area contributed by atoms with E-state index >= 15 is 0 Å². The van der Waals surface area contributed by atoms with Gasteiger partial charge in [0.15, 0.2) is 5.76 Å². The van der Waals surface area contributed by atoms with E-state index in [1.54, 1.807) is 28.3 Å². The highest BCUT2D eigenvalue weighted by Crippen LogP contribution is 2.30.